The van der Waals surface area contributed by atoms with Crippen molar-refractivity contribution in [3.63, 3.8) is 0 Å². The van der Waals surface area contributed by atoms with E-state index in [2.05, 4.69) is 10.6 Å². The van der Waals surface area contributed by atoms with Crippen molar-refractivity contribution in [1.82, 2.24) is 0 Å². The van der Waals surface area contributed by atoms with Gasteiger partial charge in [0.15, 0.2) is 0 Å². The molecule has 104 valence electrons. The lowest BCUT2D eigenvalue weighted by atomic mass is 10.2. The number of hydrogen-bond acceptors (Lipinski definition) is 4. The molecule has 2 N–H and O–H groups in total. The van der Waals surface area contributed by atoms with Gasteiger partial charge in [-0.15, -0.1) is 0 Å². The second-order valence-corrected chi connectivity index (χ2v) is 4.40. The summed E-state index contributed by atoms with van der Waals surface area (Å²) >= 11 is 0. The predicted molar refractivity (Wildman–Crippen MR) is 81.0 cm³/mol. The Morgan fingerprint density at radius 3 is 2.30 bits per heavy atom. The average Bonchev–Trinajstić information content (AvgIpc) is 2.46. The van der Waals surface area contributed by atoms with E-state index >= 15 is 0 Å². The summed E-state index contributed by atoms with van der Waals surface area (Å²) in [5, 5.41) is 17.2. The molecule has 0 aliphatic heterocycles. The van der Waals surface area contributed by atoms with Gasteiger partial charge in [0.1, 0.15) is 0 Å². The molecule has 0 saturated heterocycles. The minimum absolute atomic E-state index is 0.0824. The molecule has 2 aromatic carbocycles. The molecule has 20 heavy (non-hydrogen) atoms. The van der Waals surface area contributed by atoms with Crippen LogP contribution in [0.2, 0.25) is 0 Å². The van der Waals surface area contributed by atoms with E-state index < -0.39 is 0 Å². The third kappa shape index (κ3) is 3.71. The zero-order valence-corrected chi connectivity index (χ0v) is 11.3. The van der Waals surface area contributed by atoms with E-state index in [9.17, 15) is 10.1 Å². The van der Waals surface area contributed by atoms with Crippen molar-refractivity contribution in [1.29, 1.82) is 0 Å². The highest BCUT2D eigenvalue weighted by Gasteiger charge is 2.09. The number of rotatable bonds is 6. The van der Waals surface area contributed by atoms with Gasteiger partial charge in [0.25, 0.3) is 5.69 Å². The van der Waals surface area contributed by atoms with Crippen LogP contribution in [0.5, 0.6) is 0 Å². The van der Waals surface area contributed by atoms with Gasteiger partial charge >= 0.3 is 0 Å². The van der Waals surface area contributed by atoms with Gasteiger partial charge in [-0.2, -0.15) is 0 Å². The van der Waals surface area contributed by atoms with Crippen molar-refractivity contribution >= 4 is 17.1 Å². The Labute approximate surface area is 117 Å². The Balaban J connectivity index is 2.15. The number of benzene rings is 2. The third-order valence-electron chi connectivity index (χ3n) is 2.85. The first-order valence-corrected chi connectivity index (χ1v) is 6.50. The van der Waals surface area contributed by atoms with Gasteiger partial charge in [-0.1, -0.05) is 30.3 Å². The number of nitrogens with zero attached hydrogens (tertiary/aromatic N) is 1. The smallest absolute Gasteiger partial charge is 0.273 e. The Morgan fingerprint density at radius 2 is 1.70 bits per heavy atom. The van der Waals surface area contributed by atoms with Crippen molar-refractivity contribution in [3.05, 3.63) is 64.2 Å². The van der Waals surface area contributed by atoms with Crippen LogP contribution in [0.15, 0.2) is 48.5 Å². The molecule has 0 saturated carbocycles. The Kier molecular flexibility index (Phi) is 4.55. The van der Waals surface area contributed by atoms with Crippen molar-refractivity contribution in [2.24, 2.45) is 0 Å². The molecular formula is C15H17N3O2. The van der Waals surface area contributed by atoms with Gasteiger partial charge < -0.3 is 10.6 Å². The lowest BCUT2D eigenvalue weighted by Gasteiger charge is -2.09. The summed E-state index contributed by atoms with van der Waals surface area (Å²) in [5.74, 6) is 0. The number of nitrogens with one attached hydrogen (secondary N) is 2. The Hall–Kier alpha value is -2.56. The monoisotopic (exact) mass is 271 g/mol. The van der Waals surface area contributed by atoms with Crippen LogP contribution in [0.3, 0.4) is 0 Å². The first-order chi connectivity index (χ1) is 9.69. The highest BCUT2D eigenvalue weighted by molar-refractivity contribution is 5.63. The van der Waals surface area contributed by atoms with E-state index in [1.165, 1.54) is 6.07 Å². The van der Waals surface area contributed by atoms with Crippen LogP contribution in [0, 0.1) is 10.1 Å². The van der Waals surface area contributed by atoms with Gasteiger partial charge in [-0.05, 0) is 18.6 Å². The van der Waals surface area contributed by atoms with E-state index in [4.69, 9.17) is 0 Å². The summed E-state index contributed by atoms with van der Waals surface area (Å²) in [5.41, 5.74) is 2.69. The topological polar surface area (TPSA) is 67.2 Å². The molecule has 0 heterocycles. The van der Waals surface area contributed by atoms with E-state index in [-0.39, 0.29) is 10.6 Å². The standard InChI is InChI=1S/C15H17N3O2/c1-2-16-13-8-14(10-15(9-13)18(19)20)17-11-12-6-4-3-5-7-12/h3-10,16-17H,2,11H2,1H3. The molecule has 0 unspecified atom stereocenters. The summed E-state index contributed by atoms with van der Waals surface area (Å²) in [6.45, 7) is 3.31. The maximum atomic E-state index is 10.9. The maximum absolute atomic E-state index is 10.9. The van der Waals surface area contributed by atoms with E-state index in [1.807, 2.05) is 43.3 Å². The van der Waals surface area contributed by atoms with Crippen LogP contribution in [0.25, 0.3) is 0 Å². The molecule has 0 radical (unpaired) electrons. The predicted octanol–water partition coefficient (Wildman–Crippen LogP) is 3.64. The molecule has 0 aliphatic rings. The minimum atomic E-state index is -0.380. The van der Waals surface area contributed by atoms with Crippen LogP contribution in [-0.4, -0.2) is 11.5 Å². The molecule has 0 spiro atoms. The molecule has 0 atom stereocenters. The van der Waals surface area contributed by atoms with Crippen molar-refractivity contribution < 1.29 is 4.92 Å². The SMILES string of the molecule is CCNc1cc(NCc2ccccc2)cc([N+](=O)[O-])c1. The highest BCUT2D eigenvalue weighted by atomic mass is 16.6. The molecule has 2 rings (SSSR count). The largest absolute Gasteiger partial charge is 0.385 e. The number of nitro benzene ring substituents is 1. The van der Waals surface area contributed by atoms with E-state index in [0.717, 1.165) is 23.5 Å². The van der Waals surface area contributed by atoms with E-state index in [0.29, 0.717) is 6.54 Å². The van der Waals surface area contributed by atoms with Gasteiger partial charge in [-0.25, -0.2) is 0 Å². The zero-order valence-electron chi connectivity index (χ0n) is 11.3. The molecule has 0 fully saturated rings. The van der Waals surface area contributed by atoms with Crippen molar-refractivity contribution in [3.8, 4) is 0 Å². The fourth-order valence-electron chi connectivity index (χ4n) is 1.92. The summed E-state index contributed by atoms with van der Waals surface area (Å²) in [6.07, 6.45) is 0. The van der Waals surface area contributed by atoms with Crippen LogP contribution >= 0.6 is 0 Å². The normalized spacial score (nSPS) is 10.1. The number of non-ortho nitro benzene ring substituents is 1. The van der Waals surface area contributed by atoms with Crippen LogP contribution < -0.4 is 10.6 Å². The van der Waals surface area contributed by atoms with Crippen LogP contribution in [-0.2, 0) is 6.54 Å². The van der Waals surface area contributed by atoms with Gasteiger partial charge in [0.05, 0.1) is 4.92 Å². The first kappa shape index (κ1) is 13.9. The van der Waals surface area contributed by atoms with Crippen molar-refractivity contribution in [2.75, 3.05) is 17.2 Å². The average molecular weight is 271 g/mol. The molecular weight excluding hydrogens is 254 g/mol. The van der Waals surface area contributed by atoms with Crippen LogP contribution in [0.4, 0.5) is 17.1 Å². The van der Waals surface area contributed by atoms with Gasteiger partial charge in [0.2, 0.25) is 0 Å². The lowest BCUT2D eigenvalue weighted by molar-refractivity contribution is -0.384. The third-order valence-corrected chi connectivity index (χ3v) is 2.85. The lowest BCUT2D eigenvalue weighted by Crippen LogP contribution is -2.02. The Morgan fingerprint density at radius 1 is 1.05 bits per heavy atom. The maximum Gasteiger partial charge on any atom is 0.273 e. The highest BCUT2D eigenvalue weighted by Crippen LogP contribution is 2.24. The number of anilines is 2. The van der Waals surface area contributed by atoms with E-state index in [1.54, 1.807) is 6.07 Å². The van der Waals surface area contributed by atoms with Gasteiger partial charge in [-0.3, -0.25) is 10.1 Å². The minimum Gasteiger partial charge on any atom is -0.385 e. The quantitative estimate of drug-likeness (QED) is 0.621. The second-order valence-electron chi connectivity index (χ2n) is 4.40. The summed E-state index contributed by atoms with van der Waals surface area (Å²) in [4.78, 5) is 10.6. The molecule has 5 heteroatoms. The summed E-state index contributed by atoms with van der Waals surface area (Å²) < 4.78 is 0. The molecule has 0 amide bonds. The Bertz CT molecular complexity index is 585. The van der Waals surface area contributed by atoms with Gasteiger partial charge in [0, 0.05) is 36.6 Å². The number of nitro groups is 1. The first-order valence-electron chi connectivity index (χ1n) is 6.50. The number of hydrogen-bond donors (Lipinski definition) is 2. The molecule has 0 aromatic heterocycles. The molecule has 0 bridgehead atoms. The summed E-state index contributed by atoms with van der Waals surface area (Å²) in [6, 6.07) is 14.9. The molecule has 5 nitrogen and oxygen atoms in total. The molecule has 2 aromatic rings. The molecule has 0 aliphatic carbocycles. The van der Waals surface area contributed by atoms with Crippen molar-refractivity contribution in [2.45, 2.75) is 13.5 Å². The van der Waals surface area contributed by atoms with Crippen LogP contribution in [0.1, 0.15) is 12.5 Å². The fraction of sp³-hybridized carbons (Fsp3) is 0.200. The summed E-state index contributed by atoms with van der Waals surface area (Å²) in [7, 11) is 0. The zero-order chi connectivity index (χ0) is 14.4. The second kappa shape index (κ2) is 6.56. The fourth-order valence-corrected chi connectivity index (χ4v) is 1.92.